The number of imidazole rings is 1. The Balaban J connectivity index is 1.37. The highest BCUT2D eigenvalue weighted by atomic mass is 16.5. The largest absolute Gasteiger partial charge is 0.453 e. The standard InChI is InChI=1S/C35H22N8O2/c1-5-13-24-20(9-1)42(21-10-2-6-14-25(21)44-24)34-35(43-22-11-3-7-15-26(22)45-27-16-8-4-12-23(27)43)41-33-31-29(38-19-39-31)28-30(32(33)40-34)37-18-17-36-28/h1-17,19,37H,18H2,(H,38,39). The van der Waals surface area contributed by atoms with Crippen molar-refractivity contribution in [1.29, 1.82) is 0 Å². The molecule has 0 aliphatic carbocycles. The van der Waals surface area contributed by atoms with Gasteiger partial charge in [-0.1, -0.05) is 48.5 Å². The van der Waals surface area contributed by atoms with E-state index in [9.17, 15) is 0 Å². The Bertz CT molecular complexity index is 2290. The summed E-state index contributed by atoms with van der Waals surface area (Å²) < 4.78 is 12.8. The number of benzene rings is 5. The van der Waals surface area contributed by atoms with E-state index >= 15 is 0 Å². The van der Waals surface area contributed by atoms with E-state index in [0.29, 0.717) is 29.2 Å². The average molecular weight is 587 g/mol. The van der Waals surface area contributed by atoms with Gasteiger partial charge in [-0.25, -0.2) is 15.0 Å². The molecule has 10 rings (SSSR count). The third kappa shape index (κ3) is 3.38. The fraction of sp³-hybridized carbons (Fsp3) is 0.0286. The first-order valence-corrected chi connectivity index (χ1v) is 14.6. The minimum Gasteiger partial charge on any atom is -0.453 e. The van der Waals surface area contributed by atoms with Crippen LogP contribution in [0.15, 0.2) is 108 Å². The first kappa shape index (κ1) is 24.1. The number of H-pyrrole nitrogens is 1. The number of aliphatic imine (C=N–C) groups is 1. The number of anilines is 7. The first-order valence-electron chi connectivity index (χ1n) is 14.6. The van der Waals surface area contributed by atoms with Crippen LogP contribution in [-0.2, 0) is 0 Å². The number of fused-ring (bicyclic) bond motifs is 10. The molecular weight excluding hydrogens is 564 g/mol. The molecular formula is C35H22N8O2. The lowest BCUT2D eigenvalue weighted by atomic mass is 10.1. The summed E-state index contributed by atoms with van der Waals surface area (Å²) in [5.74, 6) is 4.13. The summed E-state index contributed by atoms with van der Waals surface area (Å²) in [5.41, 5.74) is 7.81. The van der Waals surface area contributed by atoms with Crippen LogP contribution in [0.5, 0.6) is 23.0 Å². The molecule has 5 heterocycles. The smallest absolute Gasteiger partial charge is 0.182 e. The average Bonchev–Trinajstić information content (AvgIpc) is 3.60. The van der Waals surface area contributed by atoms with Crippen LogP contribution in [0.25, 0.3) is 22.1 Å². The van der Waals surface area contributed by atoms with Crippen molar-refractivity contribution in [2.75, 3.05) is 21.7 Å². The predicted octanol–water partition coefficient (Wildman–Crippen LogP) is 8.78. The van der Waals surface area contributed by atoms with Crippen LogP contribution in [0.4, 0.5) is 45.8 Å². The Morgan fingerprint density at radius 2 is 1.07 bits per heavy atom. The molecule has 0 saturated carbocycles. The number of nitrogens with zero attached hydrogens (tertiary/aromatic N) is 6. The van der Waals surface area contributed by atoms with Gasteiger partial charge >= 0.3 is 0 Å². The number of rotatable bonds is 2. The van der Waals surface area contributed by atoms with Crippen LogP contribution in [0, 0.1) is 0 Å². The highest BCUT2D eigenvalue weighted by molar-refractivity contribution is 6.16. The van der Waals surface area contributed by atoms with Crippen molar-refractivity contribution >= 4 is 74.0 Å². The van der Waals surface area contributed by atoms with Crippen LogP contribution in [-0.4, -0.2) is 32.7 Å². The zero-order valence-corrected chi connectivity index (χ0v) is 23.6. The molecule has 7 aromatic rings. The molecule has 2 aromatic heterocycles. The number of para-hydroxylation sites is 8. The van der Waals surface area contributed by atoms with Crippen LogP contribution in [0.2, 0.25) is 0 Å². The summed E-state index contributed by atoms with van der Waals surface area (Å²) in [6.07, 6.45) is 3.53. The molecule has 10 nitrogen and oxygen atoms in total. The Labute approximate surface area is 256 Å². The zero-order valence-electron chi connectivity index (χ0n) is 23.6. The minimum atomic E-state index is 0.574. The van der Waals surface area contributed by atoms with Crippen molar-refractivity contribution in [3.63, 3.8) is 0 Å². The van der Waals surface area contributed by atoms with Crippen molar-refractivity contribution < 1.29 is 9.47 Å². The van der Waals surface area contributed by atoms with Gasteiger partial charge in [0.15, 0.2) is 34.6 Å². The molecule has 214 valence electrons. The van der Waals surface area contributed by atoms with Crippen LogP contribution in [0.3, 0.4) is 0 Å². The second-order valence-corrected chi connectivity index (χ2v) is 10.9. The molecule has 3 aliphatic heterocycles. The molecule has 45 heavy (non-hydrogen) atoms. The van der Waals surface area contributed by atoms with Crippen LogP contribution >= 0.6 is 0 Å². The zero-order chi connectivity index (χ0) is 29.5. The monoisotopic (exact) mass is 586 g/mol. The van der Waals surface area contributed by atoms with E-state index in [1.54, 1.807) is 6.33 Å². The van der Waals surface area contributed by atoms with Gasteiger partial charge in [-0.3, -0.25) is 14.8 Å². The van der Waals surface area contributed by atoms with E-state index < -0.39 is 0 Å². The second-order valence-electron chi connectivity index (χ2n) is 10.9. The van der Waals surface area contributed by atoms with E-state index in [0.717, 1.165) is 68.2 Å². The lowest BCUT2D eigenvalue weighted by Gasteiger charge is -2.37. The van der Waals surface area contributed by atoms with Crippen molar-refractivity contribution in [2.45, 2.75) is 0 Å². The Hall–Kier alpha value is -6.42. The van der Waals surface area contributed by atoms with E-state index in [-0.39, 0.29) is 0 Å². The molecule has 0 radical (unpaired) electrons. The van der Waals surface area contributed by atoms with Crippen molar-refractivity contribution in [3.05, 3.63) is 103 Å². The predicted molar refractivity (Wildman–Crippen MR) is 175 cm³/mol. The lowest BCUT2D eigenvalue weighted by molar-refractivity contribution is 0.475. The number of ether oxygens (including phenoxy) is 2. The third-order valence-corrected chi connectivity index (χ3v) is 8.31. The number of hydrogen-bond acceptors (Lipinski definition) is 9. The van der Waals surface area contributed by atoms with Crippen LogP contribution in [0.1, 0.15) is 0 Å². The van der Waals surface area contributed by atoms with E-state index in [2.05, 4.69) is 25.1 Å². The van der Waals surface area contributed by atoms with E-state index in [1.165, 1.54) is 0 Å². The van der Waals surface area contributed by atoms with Gasteiger partial charge in [0.05, 0.1) is 46.8 Å². The maximum absolute atomic E-state index is 6.38. The Kier molecular flexibility index (Phi) is 4.84. The molecule has 0 saturated heterocycles. The Morgan fingerprint density at radius 1 is 0.578 bits per heavy atom. The van der Waals surface area contributed by atoms with Gasteiger partial charge in [0, 0.05) is 6.21 Å². The van der Waals surface area contributed by atoms with Gasteiger partial charge in [0.2, 0.25) is 0 Å². The summed E-state index contributed by atoms with van der Waals surface area (Å²) in [7, 11) is 0. The highest BCUT2D eigenvalue weighted by Gasteiger charge is 2.35. The molecule has 5 aromatic carbocycles. The number of aromatic amines is 1. The van der Waals surface area contributed by atoms with Gasteiger partial charge in [0.25, 0.3) is 0 Å². The number of hydrogen-bond donors (Lipinski definition) is 2. The molecule has 0 fully saturated rings. The first-order chi connectivity index (χ1) is 22.3. The second kappa shape index (κ2) is 9.04. The normalized spacial score (nSPS) is 14.0. The van der Waals surface area contributed by atoms with Crippen molar-refractivity contribution in [3.8, 4) is 23.0 Å². The molecule has 0 spiro atoms. The molecule has 0 atom stereocenters. The summed E-state index contributed by atoms with van der Waals surface area (Å²) in [6, 6.07) is 31.9. The summed E-state index contributed by atoms with van der Waals surface area (Å²) in [6.45, 7) is 0.574. The van der Waals surface area contributed by atoms with Gasteiger partial charge in [-0.2, -0.15) is 0 Å². The topological polar surface area (TPSA) is 104 Å². The van der Waals surface area contributed by atoms with E-state index in [1.807, 2.05) is 103 Å². The quantitative estimate of drug-likeness (QED) is 0.207. The molecule has 10 heteroatoms. The van der Waals surface area contributed by atoms with E-state index in [4.69, 9.17) is 24.4 Å². The maximum Gasteiger partial charge on any atom is 0.182 e. The van der Waals surface area contributed by atoms with Crippen LogP contribution < -0.4 is 24.6 Å². The molecule has 3 aliphatic rings. The summed E-state index contributed by atoms with van der Waals surface area (Å²) in [5, 5.41) is 3.50. The Morgan fingerprint density at radius 3 is 1.60 bits per heavy atom. The van der Waals surface area contributed by atoms with Crippen molar-refractivity contribution in [1.82, 2.24) is 19.9 Å². The SMILES string of the molecule is C1=Nc2c(c3nc(N4c5ccccc5Oc5ccccc54)c(N4c5ccccc5Oc5ccccc54)nc3c3[nH]cnc23)NC1. The molecule has 0 unspecified atom stereocenters. The fourth-order valence-corrected chi connectivity index (χ4v) is 6.39. The molecule has 0 amide bonds. The molecule has 2 N–H and O–H groups in total. The summed E-state index contributed by atoms with van der Waals surface area (Å²) >= 11 is 0. The van der Waals surface area contributed by atoms with Gasteiger partial charge in [0.1, 0.15) is 22.2 Å². The number of aromatic nitrogens is 4. The summed E-state index contributed by atoms with van der Waals surface area (Å²) in [4.78, 5) is 27.9. The van der Waals surface area contributed by atoms with Gasteiger partial charge in [-0.05, 0) is 48.5 Å². The minimum absolute atomic E-state index is 0.574. The van der Waals surface area contributed by atoms with Crippen molar-refractivity contribution in [2.24, 2.45) is 4.99 Å². The van der Waals surface area contributed by atoms with Gasteiger partial charge < -0.3 is 19.8 Å². The fourth-order valence-electron chi connectivity index (χ4n) is 6.39. The number of nitrogens with one attached hydrogen (secondary N) is 2. The maximum atomic E-state index is 6.38. The third-order valence-electron chi connectivity index (χ3n) is 8.31. The van der Waals surface area contributed by atoms with Gasteiger partial charge in [-0.15, -0.1) is 0 Å². The lowest BCUT2D eigenvalue weighted by Crippen LogP contribution is -2.23. The molecule has 0 bridgehead atoms. The highest BCUT2D eigenvalue weighted by Crippen LogP contribution is 2.56.